The molecular weight excluding hydrogens is 440 g/mol. The van der Waals surface area contributed by atoms with Gasteiger partial charge in [0.05, 0.1) is 5.69 Å². The third-order valence-corrected chi connectivity index (χ3v) is 5.82. The molecule has 1 aliphatic heterocycles. The van der Waals surface area contributed by atoms with Gasteiger partial charge in [-0.2, -0.15) is 0 Å². The van der Waals surface area contributed by atoms with Gasteiger partial charge in [-0.25, -0.2) is 9.69 Å². The van der Waals surface area contributed by atoms with E-state index in [1.165, 1.54) is 6.08 Å². The van der Waals surface area contributed by atoms with Gasteiger partial charge in [0.15, 0.2) is 0 Å². The third-order valence-electron chi connectivity index (χ3n) is 5.82. The van der Waals surface area contributed by atoms with E-state index in [1.54, 1.807) is 42.5 Å². The minimum atomic E-state index is -0.776. The van der Waals surface area contributed by atoms with E-state index in [0.29, 0.717) is 23.6 Å². The van der Waals surface area contributed by atoms with Crippen molar-refractivity contribution in [2.75, 3.05) is 4.90 Å². The third kappa shape index (κ3) is 4.54. The largest absolute Gasteiger partial charge is 0.488 e. The summed E-state index contributed by atoms with van der Waals surface area (Å²) in [6.07, 6.45) is 1.46. The Labute approximate surface area is 202 Å². The van der Waals surface area contributed by atoms with E-state index in [0.717, 1.165) is 26.8 Å². The number of aryl methyl sites for hydroxylation is 1. The molecule has 6 nitrogen and oxygen atoms in total. The molecule has 4 amide bonds. The number of fused-ring (bicyclic) bond motifs is 1. The van der Waals surface area contributed by atoms with Crippen molar-refractivity contribution in [2.45, 2.75) is 13.5 Å². The number of anilines is 1. The minimum absolute atomic E-state index is 0.146. The van der Waals surface area contributed by atoms with E-state index in [-0.39, 0.29) is 5.57 Å². The second-order valence-corrected chi connectivity index (χ2v) is 8.30. The number of nitrogens with zero attached hydrogens (tertiary/aromatic N) is 1. The van der Waals surface area contributed by atoms with Gasteiger partial charge in [-0.1, -0.05) is 72.3 Å². The SMILES string of the molecule is Cc1ccc(N2C(=O)NC(=O)/C(=C\c3ccccc3OCc3ccc4ccccc4c3)C2=O)cc1. The van der Waals surface area contributed by atoms with Gasteiger partial charge < -0.3 is 4.74 Å². The zero-order valence-corrected chi connectivity index (χ0v) is 19.0. The Morgan fingerprint density at radius 1 is 0.829 bits per heavy atom. The Balaban J connectivity index is 1.42. The van der Waals surface area contributed by atoms with Gasteiger partial charge in [0.2, 0.25) is 0 Å². The molecule has 0 aliphatic carbocycles. The van der Waals surface area contributed by atoms with E-state index in [2.05, 4.69) is 17.4 Å². The summed E-state index contributed by atoms with van der Waals surface area (Å²) in [6.45, 7) is 2.23. The van der Waals surface area contributed by atoms with Crippen LogP contribution >= 0.6 is 0 Å². The average molecular weight is 463 g/mol. The summed E-state index contributed by atoms with van der Waals surface area (Å²) >= 11 is 0. The number of carbonyl (C=O) groups excluding carboxylic acids is 3. The molecule has 0 atom stereocenters. The van der Waals surface area contributed by atoms with Crippen LogP contribution in [-0.2, 0) is 16.2 Å². The number of nitrogens with one attached hydrogen (secondary N) is 1. The topological polar surface area (TPSA) is 75.7 Å². The maximum Gasteiger partial charge on any atom is 0.335 e. The van der Waals surface area contributed by atoms with Crippen molar-refractivity contribution in [3.8, 4) is 5.75 Å². The summed E-state index contributed by atoms with van der Waals surface area (Å²) < 4.78 is 6.06. The summed E-state index contributed by atoms with van der Waals surface area (Å²) in [5, 5.41) is 4.52. The lowest BCUT2D eigenvalue weighted by Crippen LogP contribution is -2.54. The molecule has 0 radical (unpaired) electrons. The fraction of sp³-hybridized carbons (Fsp3) is 0.0690. The van der Waals surface area contributed by atoms with Crippen LogP contribution in [0.15, 0.2) is 96.6 Å². The first-order chi connectivity index (χ1) is 17.0. The fourth-order valence-corrected chi connectivity index (χ4v) is 3.96. The first-order valence-corrected chi connectivity index (χ1v) is 11.2. The zero-order chi connectivity index (χ0) is 24.4. The van der Waals surface area contributed by atoms with Crippen LogP contribution in [0.3, 0.4) is 0 Å². The van der Waals surface area contributed by atoms with Crippen molar-refractivity contribution in [1.82, 2.24) is 5.32 Å². The van der Waals surface area contributed by atoms with Crippen LogP contribution < -0.4 is 15.0 Å². The number of imide groups is 2. The van der Waals surface area contributed by atoms with E-state index in [9.17, 15) is 14.4 Å². The highest BCUT2D eigenvalue weighted by atomic mass is 16.5. The van der Waals surface area contributed by atoms with Crippen molar-refractivity contribution in [3.05, 3.63) is 113 Å². The lowest BCUT2D eigenvalue weighted by molar-refractivity contribution is -0.122. The van der Waals surface area contributed by atoms with Crippen molar-refractivity contribution in [1.29, 1.82) is 0 Å². The smallest absolute Gasteiger partial charge is 0.335 e. The number of carbonyl (C=O) groups is 3. The fourth-order valence-electron chi connectivity index (χ4n) is 3.96. The second kappa shape index (κ2) is 9.27. The molecule has 0 aromatic heterocycles. The molecule has 1 fully saturated rings. The normalized spacial score (nSPS) is 14.9. The lowest BCUT2D eigenvalue weighted by Gasteiger charge is -2.26. The van der Waals surface area contributed by atoms with Crippen LogP contribution in [0.25, 0.3) is 16.8 Å². The van der Waals surface area contributed by atoms with Gasteiger partial charge in [0, 0.05) is 5.56 Å². The average Bonchev–Trinajstić information content (AvgIpc) is 2.87. The van der Waals surface area contributed by atoms with E-state index in [1.807, 2.05) is 43.3 Å². The molecule has 4 aromatic carbocycles. The Morgan fingerprint density at radius 3 is 2.34 bits per heavy atom. The lowest BCUT2D eigenvalue weighted by atomic mass is 10.1. The molecule has 1 saturated heterocycles. The van der Waals surface area contributed by atoms with Crippen LogP contribution in [0.5, 0.6) is 5.75 Å². The Morgan fingerprint density at radius 2 is 1.54 bits per heavy atom. The monoisotopic (exact) mass is 462 g/mol. The molecule has 1 N–H and O–H groups in total. The predicted octanol–water partition coefficient (Wildman–Crippen LogP) is 5.39. The molecule has 0 bridgehead atoms. The van der Waals surface area contributed by atoms with Gasteiger partial charge in [-0.05, 0) is 53.6 Å². The number of amides is 4. The maximum absolute atomic E-state index is 13.2. The quantitative estimate of drug-likeness (QED) is 0.319. The summed E-state index contributed by atoms with van der Waals surface area (Å²) in [7, 11) is 0. The first kappa shape index (κ1) is 22.1. The number of rotatable bonds is 5. The van der Waals surface area contributed by atoms with Crippen LogP contribution in [-0.4, -0.2) is 17.8 Å². The first-order valence-electron chi connectivity index (χ1n) is 11.2. The van der Waals surface area contributed by atoms with Gasteiger partial charge in [-0.15, -0.1) is 0 Å². The highest BCUT2D eigenvalue weighted by Gasteiger charge is 2.36. The van der Waals surface area contributed by atoms with Crippen molar-refractivity contribution < 1.29 is 19.1 Å². The number of hydrogen-bond donors (Lipinski definition) is 1. The number of hydrogen-bond acceptors (Lipinski definition) is 4. The van der Waals surface area contributed by atoms with Gasteiger partial charge in [0.1, 0.15) is 17.9 Å². The molecule has 4 aromatic rings. The Hall–Kier alpha value is -4.71. The standard InChI is InChI=1S/C29H22N2O4/c1-19-10-14-24(15-11-19)31-28(33)25(27(32)30-29(31)34)17-23-8-4-5-9-26(23)35-18-20-12-13-21-6-2-3-7-22(21)16-20/h2-17H,18H2,1H3,(H,30,32,34)/b25-17+. The van der Waals surface area contributed by atoms with Gasteiger partial charge in [-0.3, -0.25) is 14.9 Å². The van der Waals surface area contributed by atoms with Crippen LogP contribution in [0.4, 0.5) is 10.5 Å². The number of para-hydroxylation sites is 1. The van der Waals surface area contributed by atoms with Crippen molar-refractivity contribution in [3.63, 3.8) is 0 Å². The summed E-state index contributed by atoms with van der Waals surface area (Å²) in [4.78, 5) is 39.2. The highest BCUT2D eigenvalue weighted by Crippen LogP contribution is 2.26. The number of benzene rings is 4. The van der Waals surface area contributed by atoms with Crippen molar-refractivity contribution in [2.24, 2.45) is 0 Å². The van der Waals surface area contributed by atoms with Gasteiger partial charge in [0.25, 0.3) is 11.8 Å². The highest BCUT2D eigenvalue weighted by molar-refractivity contribution is 6.39. The van der Waals surface area contributed by atoms with Crippen LogP contribution in [0, 0.1) is 6.92 Å². The number of urea groups is 1. The van der Waals surface area contributed by atoms with E-state index >= 15 is 0 Å². The molecule has 0 unspecified atom stereocenters. The molecule has 1 heterocycles. The predicted molar refractivity (Wildman–Crippen MR) is 135 cm³/mol. The van der Waals surface area contributed by atoms with Crippen LogP contribution in [0.1, 0.15) is 16.7 Å². The molecule has 1 aliphatic rings. The molecular formula is C29H22N2O4. The van der Waals surface area contributed by atoms with Crippen LogP contribution in [0.2, 0.25) is 0 Å². The number of barbiturate groups is 1. The van der Waals surface area contributed by atoms with E-state index < -0.39 is 17.8 Å². The summed E-state index contributed by atoms with van der Waals surface area (Å²) in [5.74, 6) is -0.910. The molecule has 35 heavy (non-hydrogen) atoms. The molecule has 0 saturated carbocycles. The van der Waals surface area contributed by atoms with E-state index in [4.69, 9.17) is 4.74 Å². The van der Waals surface area contributed by atoms with Crippen molar-refractivity contribution >= 4 is 40.4 Å². The molecule has 0 spiro atoms. The Kier molecular flexibility index (Phi) is 5.85. The minimum Gasteiger partial charge on any atom is -0.488 e. The number of ether oxygens (including phenoxy) is 1. The Bertz CT molecular complexity index is 1490. The molecule has 5 rings (SSSR count). The summed E-state index contributed by atoms with van der Waals surface area (Å²) in [5.41, 5.74) is 2.78. The molecule has 172 valence electrons. The maximum atomic E-state index is 13.2. The van der Waals surface area contributed by atoms with Gasteiger partial charge >= 0.3 is 6.03 Å². The second-order valence-electron chi connectivity index (χ2n) is 8.30. The zero-order valence-electron chi connectivity index (χ0n) is 19.0. The summed E-state index contributed by atoms with van der Waals surface area (Å²) in [6, 6.07) is 27.5. The molecule has 6 heteroatoms.